The zero-order valence-corrected chi connectivity index (χ0v) is 20.8. The molecule has 0 aliphatic carbocycles. The highest BCUT2D eigenvalue weighted by Crippen LogP contribution is 2.30. The number of amides is 1. The predicted octanol–water partition coefficient (Wildman–Crippen LogP) is 4.02. The molecule has 36 heavy (non-hydrogen) atoms. The molecule has 1 aliphatic heterocycles. The van der Waals surface area contributed by atoms with Gasteiger partial charge in [0.15, 0.2) is 0 Å². The molecule has 0 saturated carbocycles. The van der Waals surface area contributed by atoms with Gasteiger partial charge in [0.25, 0.3) is 11.6 Å². The Labute approximate surface area is 213 Å². The van der Waals surface area contributed by atoms with E-state index in [1.54, 1.807) is 7.11 Å². The maximum atomic E-state index is 13.2. The monoisotopic (exact) mass is 530 g/mol. The van der Waals surface area contributed by atoms with Crippen LogP contribution in [-0.2, 0) is 10.0 Å². The number of sulfonamides is 1. The number of carbonyl (C=O) groups is 1. The van der Waals surface area contributed by atoms with E-state index >= 15 is 0 Å². The molecule has 0 spiro atoms. The molecule has 12 heteroatoms. The Bertz CT molecular complexity index is 1390. The fourth-order valence-corrected chi connectivity index (χ4v) is 5.54. The minimum Gasteiger partial charge on any atom is -0.495 e. The summed E-state index contributed by atoms with van der Waals surface area (Å²) in [5, 5.41) is 13.6. The third-order valence-electron chi connectivity index (χ3n) is 5.82. The highest BCUT2D eigenvalue weighted by atomic mass is 35.5. The molecule has 10 nitrogen and oxygen atoms in total. The number of nitro groups is 1. The van der Waals surface area contributed by atoms with Crippen LogP contribution in [0.5, 0.6) is 5.75 Å². The molecule has 0 atom stereocenters. The molecule has 1 aliphatic rings. The van der Waals surface area contributed by atoms with Crippen LogP contribution in [0.1, 0.15) is 10.4 Å². The van der Waals surface area contributed by atoms with E-state index in [0.29, 0.717) is 31.9 Å². The van der Waals surface area contributed by atoms with Gasteiger partial charge in [-0.2, -0.15) is 4.31 Å². The van der Waals surface area contributed by atoms with Gasteiger partial charge in [0, 0.05) is 44.0 Å². The van der Waals surface area contributed by atoms with Gasteiger partial charge in [-0.05, 0) is 42.5 Å². The number of piperazine rings is 1. The number of carbonyl (C=O) groups excluding carboxylic acids is 1. The number of nitrogens with one attached hydrogen (secondary N) is 1. The van der Waals surface area contributed by atoms with Crippen LogP contribution in [0.3, 0.4) is 0 Å². The fourth-order valence-electron chi connectivity index (χ4n) is 3.92. The molecule has 1 heterocycles. The smallest absolute Gasteiger partial charge is 0.270 e. The molecule has 3 aromatic carbocycles. The molecule has 0 unspecified atom stereocenters. The third kappa shape index (κ3) is 5.27. The van der Waals surface area contributed by atoms with Gasteiger partial charge in [-0.25, -0.2) is 8.42 Å². The highest BCUT2D eigenvalue weighted by Gasteiger charge is 2.29. The number of rotatable bonds is 7. The average molecular weight is 531 g/mol. The Morgan fingerprint density at radius 3 is 2.33 bits per heavy atom. The second kappa shape index (κ2) is 10.5. The summed E-state index contributed by atoms with van der Waals surface area (Å²) >= 11 is 6.02. The Kier molecular flexibility index (Phi) is 7.43. The normalized spacial score (nSPS) is 14.3. The number of benzene rings is 3. The Morgan fingerprint density at radius 1 is 1.03 bits per heavy atom. The lowest BCUT2D eigenvalue weighted by Crippen LogP contribution is -2.48. The van der Waals surface area contributed by atoms with Gasteiger partial charge in [-0.1, -0.05) is 23.7 Å². The first-order valence-corrected chi connectivity index (χ1v) is 12.8. The van der Waals surface area contributed by atoms with Gasteiger partial charge in [0.1, 0.15) is 5.75 Å². The minimum absolute atomic E-state index is 0.0597. The SMILES string of the molecule is COc1ccccc1N1CCN(S(=O)(=O)c2ccc(NC(=O)c3cc([N+](=O)[O-])ccc3Cl)cc2)CC1. The van der Waals surface area contributed by atoms with E-state index in [0.717, 1.165) is 17.5 Å². The average Bonchev–Trinajstić information content (AvgIpc) is 2.89. The molecule has 3 aromatic rings. The van der Waals surface area contributed by atoms with Crippen molar-refractivity contribution in [2.75, 3.05) is 43.5 Å². The van der Waals surface area contributed by atoms with E-state index in [9.17, 15) is 23.3 Å². The van der Waals surface area contributed by atoms with E-state index < -0.39 is 20.9 Å². The second-order valence-electron chi connectivity index (χ2n) is 7.96. The van der Waals surface area contributed by atoms with E-state index in [1.165, 1.54) is 40.7 Å². The summed E-state index contributed by atoms with van der Waals surface area (Å²) in [6.45, 7) is 1.64. The van der Waals surface area contributed by atoms with Crippen molar-refractivity contribution in [1.82, 2.24) is 4.31 Å². The molecule has 0 bridgehead atoms. The Morgan fingerprint density at radius 2 is 1.69 bits per heavy atom. The maximum absolute atomic E-state index is 13.2. The molecule has 4 rings (SSSR count). The van der Waals surface area contributed by atoms with E-state index in [-0.39, 0.29) is 21.2 Å². The number of hydrogen-bond donors (Lipinski definition) is 1. The number of nitrogens with zero attached hydrogens (tertiary/aromatic N) is 3. The van der Waals surface area contributed by atoms with Crippen molar-refractivity contribution in [1.29, 1.82) is 0 Å². The number of nitro benzene ring substituents is 1. The van der Waals surface area contributed by atoms with Crippen LogP contribution in [0.15, 0.2) is 71.6 Å². The molecule has 188 valence electrons. The summed E-state index contributed by atoms with van der Waals surface area (Å²) in [5.74, 6) is 0.0876. The quantitative estimate of drug-likeness (QED) is 0.361. The molecule has 1 N–H and O–H groups in total. The van der Waals surface area contributed by atoms with E-state index in [1.807, 2.05) is 24.3 Å². The Balaban J connectivity index is 1.43. The number of methoxy groups -OCH3 is 1. The summed E-state index contributed by atoms with van der Waals surface area (Å²) < 4.78 is 33.2. The number of ether oxygens (including phenoxy) is 1. The van der Waals surface area contributed by atoms with Crippen molar-refractivity contribution in [2.45, 2.75) is 4.90 Å². The van der Waals surface area contributed by atoms with Crippen molar-refractivity contribution < 1.29 is 22.9 Å². The first-order valence-electron chi connectivity index (χ1n) is 10.9. The van der Waals surface area contributed by atoms with Gasteiger partial charge in [-0.3, -0.25) is 14.9 Å². The highest BCUT2D eigenvalue weighted by molar-refractivity contribution is 7.89. The zero-order valence-electron chi connectivity index (χ0n) is 19.3. The van der Waals surface area contributed by atoms with Crippen LogP contribution >= 0.6 is 11.6 Å². The second-order valence-corrected chi connectivity index (χ2v) is 10.3. The number of anilines is 2. The van der Waals surface area contributed by atoms with E-state index in [4.69, 9.17) is 16.3 Å². The summed E-state index contributed by atoms with van der Waals surface area (Å²) in [5.41, 5.74) is 0.913. The lowest BCUT2D eigenvalue weighted by molar-refractivity contribution is -0.384. The van der Waals surface area contributed by atoms with Crippen LogP contribution in [-0.4, -0.2) is 56.8 Å². The Hall–Kier alpha value is -3.67. The molecule has 1 fully saturated rings. The lowest BCUT2D eigenvalue weighted by atomic mass is 10.2. The van der Waals surface area contributed by atoms with Gasteiger partial charge in [0.2, 0.25) is 10.0 Å². The molecule has 0 radical (unpaired) electrons. The van der Waals surface area contributed by atoms with Gasteiger partial charge in [0.05, 0.1) is 33.2 Å². The summed E-state index contributed by atoms with van der Waals surface area (Å²) in [7, 11) is -2.13. The minimum atomic E-state index is -3.74. The zero-order chi connectivity index (χ0) is 25.9. The van der Waals surface area contributed by atoms with Gasteiger partial charge < -0.3 is 15.0 Å². The van der Waals surface area contributed by atoms with Crippen molar-refractivity contribution in [2.24, 2.45) is 0 Å². The number of halogens is 1. The molecule has 0 aromatic heterocycles. The summed E-state index contributed by atoms with van der Waals surface area (Å²) in [4.78, 5) is 25.1. The topological polar surface area (TPSA) is 122 Å². The molecule has 1 saturated heterocycles. The van der Waals surface area contributed by atoms with Crippen LogP contribution in [0.25, 0.3) is 0 Å². The van der Waals surface area contributed by atoms with Crippen molar-refractivity contribution in [3.8, 4) is 5.75 Å². The largest absolute Gasteiger partial charge is 0.495 e. The lowest BCUT2D eigenvalue weighted by Gasteiger charge is -2.35. The van der Waals surface area contributed by atoms with Gasteiger partial charge in [-0.15, -0.1) is 0 Å². The number of para-hydroxylation sites is 2. The summed E-state index contributed by atoms with van der Waals surface area (Å²) in [6.07, 6.45) is 0. The standard InChI is InChI=1S/C24H23ClN4O6S/c1-35-23-5-3-2-4-22(23)27-12-14-28(15-13-27)36(33,34)19-9-6-17(7-10-19)26-24(30)20-16-18(29(31)32)8-11-21(20)25/h2-11,16H,12-15H2,1H3,(H,26,30). The molecule has 1 amide bonds. The van der Waals surface area contributed by atoms with Gasteiger partial charge >= 0.3 is 0 Å². The van der Waals surface area contributed by atoms with Crippen molar-refractivity contribution in [3.05, 3.63) is 87.4 Å². The fraction of sp³-hybridized carbons (Fsp3) is 0.208. The number of non-ortho nitro benzene ring substituents is 1. The van der Waals surface area contributed by atoms with Crippen LogP contribution in [0.4, 0.5) is 17.1 Å². The maximum Gasteiger partial charge on any atom is 0.270 e. The van der Waals surface area contributed by atoms with Crippen LogP contribution < -0.4 is 15.0 Å². The molecular weight excluding hydrogens is 508 g/mol. The molecular formula is C24H23ClN4O6S. The van der Waals surface area contributed by atoms with Crippen LogP contribution in [0, 0.1) is 10.1 Å². The predicted molar refractivity (Wildman–Crippen MR) is 136 cm³/mol. The van der Waals surface area contributed by atoms with E-state index in [2.05, 4.69) is 10.2 Å². The number of hydrogen-bond acceptors (Lipinski definition) is 7. The first-order chi connectivity index (χ1) is 17.2. The first kappa shape index (κ1) is 25.4. The van der Waals surface area contributed by atoms with Crippen molar-refractivity contribution >= 4 is 44.6 Å². The van der Waals surface area contributed by atoms with Crippen molar-refractivity contribution in [3.63, 3.8) is 0 Å². The third-order valence-corrected chi connectivity index (χ3v) is 8.06. The van der Waals surface area contributed by atoms with Crippen LogP contribution in [0.2, 0.25) is 5.02 Å². The summed E-state index contributed by atoms with van der Waals surface area (Å²) in [6, 6.07) is 16.9.